The third kappa shape index (κ3) is 3.56. The highest BCUT2D eigenvalue weighted by Gasteiger charge is 2.40. The lowest BCUT2D eigenvalue weighted by molar-refractivity contribution is 0.0353. The van der Waals surface area contributed by atoms with E-state index < -0.39 is 0 Å². The van der Waals surface area contributed by atoms with Crippen LogP contribution in [0.1, 0.15) is 86.0 Å². The van der Waals surface area contributed by atoms with Gasteiger partial charge in [-0.1, -0.05) is 47.5 Å². The van der Waals surface area contributed by atoms with Crippen LogP contribution in [-0.4, -0.2) is 0 Å². The highest BCUT2D eigenvalue weighted by molar-refractivity contribution is 4.90. The molecule has 0 radical (unpaired) electrons. The van der Waals surface area contributed by atoms with Crippen molar-refractivity contribution in [3.8, 4) is 0 Å². The molecule has 0 aromatic carbocycles. The summed E-state index contributed by atoms with van der Waals surface area (Å²) in [7, 11) is 0. The standard InChI is InChI=1S/C19H36/c1-14(2)16-8-12-18(13-9-16)19(4,5)17-10-6-15(3)7-11-17/h14-18H,6-13H2,1-5H3. The second kappa shape index (κ2) is 6.19. The third-order valence-corrected chi connectivity index (χ3v) is 6.83. The van der Waals surface area contributed by atoms with Crippen LogP contribution in [0.4, 0.5) is 0 Å². The molecule has 112 valence electrons. The van der Waals surface area contributed by atoms with Crippen molar-refractivity contribution in [2.45, 2.75) is 86.0 Å². The smallest absolute Gasteiger partial charge is 0.0298 e. The van der Waals surface area contributed by atoms with Crippen molar-refractivity contribution in [2.24, 2.45) is 35.0 Å². The van der Waals surface area contributed by atoms with Gasteiger partial charge in [0.15, 0.2) is 0 Å². The third-order valence-electron chi connectivity index (χ3n) is 6.83. The summed E-state index contributed by atoms with van der Waals surface area (Å²) in [6.07, 6.45) is 12.0. The van der Waals surface area contributed by atoms with E-state index in [0.717, 1.165) is 29.6 Å². The van der Waals surface area contributed by atoms with Crippen molar-refractivity contribution in [1.82, 2.24) is 0 Å². The lowest BCUT2D eigenvalue weighted by atomic mass is 9.59. The van der Waals surface area contributed by atoms with E-state index in [-0.39, 0.29) is 0 Å². The van der Waals surface area contributed by atoms with E-state index in [0.29, 0.717) is 5.41 Å². The maximum absolute atomic E-state index is 2.59. The Morgan fingerprint density at radius 2 is 1.16 bits per heavy atom. The maximum Gasteiger partial charge on any atom is -0.0298 e. The Kier molecular flexibility index (Phi) is 5.01. The predicted molar refractivity (Wildman–Crippen MR) is 85.2 cm³/mol. The molecule has 0 amide bonds. The van der Waals surface area contributed by atoms with E-state index in [9.17, 15) is 0 Å². The normalized spacial score (nSPS) is 37.6. The predicted octanol–water partition coefficient (Wildman–Crippen LogP) is 6.30. The van der Waals surface area contributed by atoms with Crippen LogP contribution in [0, 0.1) is 35.0 Å². The molecule has 2 saturated carbocycles. The molecule has 0 aromatic heterocycles. The summed E-state index contributed by atoms with van der Waals surface area (Å²) >= 11 is 0. The Hall–Kier alpha value is 0. The molecular formula is C19H36. The van der Waals surface area contributed by atoms with Crippen LogP contribution in [-0.2, 0) is 0 Å². The first-order valence-electron chi connectivity index (χ1n) is 8.91. The lowest BCUT2D eigenvalue weighted by Gasteiger charge is -2.47. The average Bonchev–Trinajstić information content (AvgIpc) is 2.39. The fourth-order valence-corrected chi connectivity index (χ4v) is 4.87. The summed E-state index contributed by atoms with van der Waals surface area (Å²) in [6.45, 7) is 12.5. The van der Waals surface area contributed by atoms with Crippen LogP contribution in [0.25, 0.3) is 0 Å². The quantitative estimate of drug-likeness (QED) is 0.561. The molecule has 0 N–H and O–H groups in total. The van der Waals surface area contributed by atoms with E-state index in [1.807, 2.05) is 0 Å². The minimum Gasteiger partial charge on any atom is -0.0625 e. The zero-order valence-corrected chi connectivity index (χ0v) is 14.0. The molecule has 0 aromatic rings. The first-order valence-corrected chi connectivity index (χ1v) is 8.91. The second-order valence-corrected chi connectivity index (χ2v) is 8.63. The Morgan fingerprint density at radius 3 is 1.58 bits per heavy atom. The molecule has 0 atom stereocenters. The molecule has 0 heterocycles. The summed E-state index contributed by atoms with van der Waals surface area (Å²) < 4.78 is 0. The minimum absolute atomic E-state index is 0.599. The fourth-order valence-electron chi connectivity index (χ4n) is 4.87. The van der Waals surface area contributed by atoms with Gasteiger partial charge >= 0.3 is 0 Å². The Morgan fingerprint density at radius 1 is 0.737 bits per heavy atom. The van der Waals surface area contributed by atoms with Gasteiger partial charge in [0.05, 0.1) is 0 Å². The highest BCUT2D eigenvalue weighted by Crippen LogP contribution is 2.50. The van der Waals surface area contributed by atoms with Gasteiger partial charge in [-0.2, -0.15) is 0 Å². The molecule has 0 spiro atoms. The molecule has 2 aliphatic rings. The molecule has 0 heteroatoms. The van der Waals surface area contributed by atoms with Gasteiger partial charge in [0, 0.05) is 0 Å². The van der Waals surface area contributed by atoms with Gasteiger partial charge in [-0.25, -0.2) is 0 Å². The fraction of sp³-hybridized carbons (Fsp3) is 1.00. The van der Waals surface area contributed by atoms with Crippen LogP contribution in [0.3, 0.4) is 0 Å². The number of rotatable bonds is 3. The maximum atomic E-state index is 2.59. The Labute approximate surface area is 121 Å². The van der Waals surface area contributed by atoms with Crippen LogP contribution in [0.5, 0.6) is 0 Å². The first-order chi connectivity index (χ1) is 8.91. The van der Waals surface area contributed by atoms with Gasteiger partial charge in [0.2, 0.25) is 0 Å². The molecule has 2 rings (SSSR count). The van der Waals surface area contributed by atoms with E-state index in [4.69, 9.17) is 0 Å². The molecule has 2 fully saturated rings. The lowest BCUT2D eigenvalue weighted by Crippen LogP contribution is -2.37. The second-order valence-electron chi connectivity index (χ2n) is 8.63. The monoisotopic (exact) mass is 264 g/mol. The molecule has 19 heavy (non-hydrogen) atoms. The van der Waals surface area contributed by atoms with Crippen molar-refractivity contribution < 1.29 is 0 Å². The van der Waals surface area contributed by atoms with Crippen molar-refractivity contribution >= 4 is 0 Å². The van der Waals surface area contributed by atoms with Crippen LogP contribution >= 0.6 is 0 Å². The van der Waals surface area contributed by atoms with Crippen molar-refractivity contribution in [3.63, 3.8) is 0 Å². The molecule has 0 aliphatic heterocycles. The van der Waals surface area contributed by atoms with Crippen LogP contribution in [0.2, 0.25) is 0 Å². The molecule has 0 bridgehead atoms. The van der Waals surface area contributed by atoms with Gasteiger partial charge in [0.25, 0.3) is 0 Å². The highest BCUT2D eigenvalue weighted by atomic mass is 14.4. The topological polar surface area (TPSA) is 0 Å². The number of hydrogen-bond donors (Lipinski definition) is 0. The Balaban J connectivity index is 1.90. The summed E-state index contributed by atoms with van der Waals surface area (Å²) in [5.41, 5.74) is 0.599. The zero-order chi connectivity index (χ0) is 14.0. The molecule has 0 saturated heterocycles. The van der Waals surface area contributed by atoms with E-state index in [1.165, 1.54) is 51.4 Å². The SMILES string of the molecule is CC1CCC(C(C)(C)C2CCC(C(C)C)CC2)CC1. The van der Waals surface area contributed by atoms with E-state index >= 15 is 0 Å². The van der Waals surface area contributed by atoms with Crippen molar-refractivity contribution in [1.29, 1.82) is 0 Å². The molecule has 2 aliphatic carbocycles. The van der Waals surface area contributed by atoms with Crippen molar-refractivity contribution in [2.75, 3.05) is 0 Å². The summed E-state index contributed by atoms with van der Waals surface area (Å²) in [5.74, 6) is 4.91. The van der Waals surface area contributed by atoms with Gasteiger partial charge in [-0.15, -0.1) is 0 Å². The Bertz CT molecular complexity index is 260. The average molecular weight is 264 g/mol. The summed E-state index contributed by atoms with van der Waals surface area (Å²) in [4.78, 5) is 0. The van der Waals surface area contributed by atoms with E-state index in [2.05, 4.69) is 34.6 Å². The summed E-state index contributed by atoms with van der Waals surface area (Å²) in [5, 5.41) is 0. The largest absolute Gasteiger partial charge is 0.0625 e. The van der Waals surface area contributed by atoms with Gasteiger partial charge in [-0.05, 0) is 73.5 Å². The van der Waals surface area contributed by atoms with Gasteiger partial charge < -0.3 is 0 Å². The minimum atomic E-state index is 0.599. The van der Waals surface area contributed by atoms with Crippen LogP contribution < -0.4 is 0 Å². The molecular weight excluding hydrogens is 228 g/mol. The summed E-state index contributed by atoms with van der Waals surface area (Å²) in [6, 6.07) is 0. The molecule has 0 nitrogen and oxygen atoms in total. The number of hydrogen-bond acceptors (Lipinski definition) is 0. The van der Waals surface area contributed by atoms with Crippen molar-refractivity contribution in [3.05, 3.63) is 0 Å². The van der Waals surface area contributed by atoms with Gasteiger partial charge in [0.1, 0.15) is 0 Å². The van der Waals surface area contributed by atoms with E-state index in [1.54, 1.807) is 0 Å². The first kappa shape index (κ1) is 15.4. The zero-order valence-electron chi connectivity index (χ0n) is 14.0. The van der Waals surface area contributed by atoms with Crippen LogP contribution in [0.15, 0.2) is 0 Å². The molecule has 0 unspecified atom stereocenters. The van der Waals surface area contributed by atoms with Gasteiger partial charge in [-0.3, -0.25) is 0 Å².